The normalized spacial score (nSPS) is 10.5. The van der Waals surface area contributed by atoms with Crippen LogP contribution in [0.5, 0.6) is 0 Å². The Hall–Kier alpha value is -1.95. The van der Waals surface area contributed by atoms with Crippen molar-refractivity contribution in [1.29, 1.82) is 0 Å². The van der Waals surface area contributed by atoms with E-state index in [4.69, 9.17) is 5.84 Å². The lowest BCUT2D eigenvalue weighted by Crippen LogP contribution is -2.12. The Morgan fingerprint density at radius 2 is 1.94 bits per heavy atom. The number of hydrogen-bond donors (Lipinski definition) is 2. The molecular weight excluding hydrogens is 204 g/mol. The molecule has 2 rings (SSSR count). The molecule has 0 aliphatic rings. The maximum absolute atomic E-state index is 5.34. The Bertz CT molecular complexity index is 516. The van der Waals surface area contributed by atoms with Gasteiger partial charge in [-0.1, -0.05) is 0 Å². The molecule has 6 heteroatoms. The quantitative estimate of drug-likeness (QED) is 0.577. The van der Waals surface area contributed by atoms with Crippen LogP contribution < -0.4 is 11.3 Å². The fraction of sp³-hybridized carbons (Fsp3) is 0.300. The zero-order valence-electron chi connectivity index (χ0n) is 9.52. The third-order valence-corrected chi connectivity index (χ3v) is 2.20. The summed E-state index contributed by atoms with van der Waals surface area (Å²) in [6, 6.07) is 3.75. The van der Waals surface area contributed by atoms with E-state index in [-0.39, 0.29) is 0 Å². The number of aryl methyl sites for hydroxylation is 3. The van der Waals surface area contributed by atoms with Gasteiger partial charge in [0.15, 0.2) is 5.82 Å². The fourth-order valence-electron chi connectivity index (χ4n) is 1.60. The molecule has 0 amide bonds. The minimum Gasteiger partial charge on any atom is -0.308 e. The maximum Gasteiger partial charge on any atom is 0.159 e. The number of nitrogens with one attached hydrogen (secondary N) is 1. The molecule has 0 aromatic carbocycles. The molecule has 3 N–H and O–H groups in total. The Morgan fingerprint density at radius 1 is 1.19 bits per heavy atom. The third-order valence-electron chi connectivity index (χ3n) is 2.20. The van der Waals surface area contributed by atoms with Crippen LogP contribution in [-0.4, -0.2) is 19.7 Å². The van der Waals surface area contributed by atoms with E-state index in [0.29, 0.717) is 17.5 Å². The van der Waals surface area contributed by atoms with E-state index in [1.165, 1.54) is 0 Å². The predicted octanol–water partition coefficient (Wildman–Crippen LogP) is 0.873. The lowest BCUT2D eigenvalue weighted by Gasteiger charge is -2.06. The minimum atomic E-state index is 0.579. The summed E-state index contributed by atoms with van der Waals surface area (Å²) >= 11 is 0. The first-order valence-corrected chi connectivity index (χ1v) is 4.96. The summed E-state index contributed by atoms with van der Waals surface area (Å²) < 4.78 is 1.77. The SMILES string of the molecule is Cc1cc(C)n(-c2cc(NN)nc(C)n2)n1. The number of nitrogens with zero attached hydrogens (tertiary/aromatic N) is 4. The molecule has 0 radical (unpaired) electrons. The van der Waals surface area contributed by atoms with E-state index in [0.717, 1.165) is 11.4 Å². The summed E-state index contributed by atoms with van der Waals surface area (Å²) in [5.74, 6) is 7.28. The molecule has 0 saturated heterocycles. The molecule has 16 heavy (non-hydrogen) atoms. The summed E-state index contributed by atoms with van der Waals surface area (Å²) in [4.78, 5) is 8.45. The highest BCUT2D eigenvalue weighted by Gasteiger charge is 2.07. The van der Waals surface area contributed by atoms with E-state index < -0.39 is 0 Å². The molecule has 0 aliphatic heterocycles. The highest BCUT2D eigenvalue weighted by molar-refractivity contribution is 5.41. The van der Waals surface area contributed by atoms with E-state index in [1.807, 2.05) is 26.8 Å². The largest absolute Gasteiger partial charge is 0.308 e. The Morgan fingerprint density at radius 3 is 2.50 bits per heavy atom. The van der Waals surface area contributed by atoms with Crippen LogP contribution in [0, 0.1) is 20.8 Å². The first kappa shape index (κ1) is 10.6. The van der Waals surface area contributed by atoms with E-state index >= 15 is 0 Å². The number of hydrazine groups is 1. The lowest BCUT2D eigenvalue weighted by atomic mass is 10.4. The van der Waals surface area contributed by atoms with E-state index in [1.54, 1.807) is 10.7 Å². The van der Waals surface area contributed by atoms with Crippen molar-refractivity contribution in [3.8, 4) is 5.82 Å². The highest BCUT2D eigenvalue weighted by Crippen LogP contribution is 2.12. The van der Waals surface area contributed by atoms with Gasteiger partial charge in [-0.2, -0.15) is 5.10 Å². The molecule has 6 nitrogen and oxygen atoms in total. The highest BCUT2D eigenvalue weighted by atomic mass is 15.3. The van der Waals surface area contributed by atoms with Crippen molar-refractivity contribution in [1.82, 2.24) is 19.7 Å². The summed E-state index contributed by atoms with van der Waals surface area (Å²) in [5, 5.41) is 4.35. The smallest absolute Gasteiger partial charge is 0.159 e. The predicted molar refractivity (Wildman–Crippen MR) is 61.2 cm³/mol. The summed E-state index contributed by atoms with van der Waals surface area (Å²) in [6.07, 6.45) is 0. The average molecular weight is 218 g/mol. The molecule has 0 saturated carbocycles. The van der Waals surface area contributed by atoms with Crippen LogP contribution in [0.2, 0.25) is 0 Å². The topological polar surface area (TPSA) is 81.7 Å². The van der Waals surface area contributed by atoms with Crippen molar-refractivity contribution in [2.75, 3.05) is 5.43 Å². The molecule has 2 aromatic heterocycles. The third kappa shape index (κ3) is 1.87. The number of hydrogen-bond acceptors (Lipinski definition) is 5. The Balaban J connectivity index is 2.55. The Labute approximate surface area is 93.5 Å². The van der Waals surface area contributed by atoms with Crippen molar-refractivity contribution < 1.29 is 0 Å². The summed E-state index contributed by atoms with van der Waals surface area (Å²) in [6.45, 7) is 5.74. The lowest BCUT2D eigenvalue weighted by molar-refractivity contribution is 0.793. The molecule has 2 heterocycles. The molecule has 2 aromatic rings. The Kier molecular flexibility index (Phi) is 2.57. The van der Waals surface area contributed by atoms with Crippen molar-refractivity contribution in [2.24, 2.45) is 5.84 Å². The van der Waals surface area contributed by atoms with Crippen LogP contribution in [0.25, 0.3) is 5.82 Å². The van der Waals surface area contributed by atoms with Gasteiger partial charge in [-0.15, -0.1) is 0 Å². The van der Waals surface area contributed by atoms with Gasteiger partial charge in [0.25, 0.3) is 0 Å². The molecule has 0 bridgehead atoms. The van der Waals surface area contributed by atoms with Gasteiger partial charge in [0, 0.05) is 11.8 Å². The van der Waals surface area contributed by atoms with Gasteiger partial charge < -0.3 is 5.43 Å². The zero-order valence-corrected chi connectivity index (χ0v) is 9.52. The average Bonchev–Trinajstić information content (AvgIpc) is 2.57. The van der Waals surface area contributed by atoms with Gasteiger partial charge in [0.1, 0.15) is 11.6 Å². The maximum atomic E-state index is 5.34. The molecule has 0 aliphatic carbocycles. The molecule has 0 spiro atoms. The van der Waals surface area contributed by atoms with Gasteiger partial charge in [-0.05, 0) is 26.8 Å². The summed E-state index contributed by atoms with van der Waals surface area (Å²) in [5.41, 5.74) is 4.49. The van der Waals surface area contributed by atoms with Crippen molar-refractivity contribution in [2.45, 2.75) is 20.8 Å². The van der Waals surface area contributed by atoms with Crippen LogP contribution in [0.15, 0.2) is 12.1 Å². The van der Waals surface area contributed by atoms with Gasteiger partial charge in [0.2, 0.25) is 0 Å². The standard InChI is InChI=1S/C10H14N6/c1-6-4-7(2)16(15-6)10-5-9(14-11)12-8(3)13-10/h4-5H,11H2,1-3H3,(H,12,13,14). The van der Waals surface area contributed by atoms with Crippen molar-refractivity contribution >= 4 is 5.82 Å². The second-order valence-electron chi connectivity index (χ2n) is 3.64. The first-order valence-electron chi connectivity index (χ1n) is 4.96. The molecular formula is C10H14N6. The number of anilines is 1. The second-order valence-corrected chi connectivity index (χ2v) is 3.64. The molecule has 0 atom stereocenters. The minimum absolute atomic E-state index is 0.579. The molecule has 0 fully saturated rings. The number of rotatable bonds is 2. The monoisotopic (exact) mass is 218 g/mol. The van der Waals surface area contributed by atoms with E-state index in [9.17, 15) is 0 Å². The van der Waals surface area contributed by atoms with Crippen LogP contribution in [0.4, 0.5) is 5.82 Å². The van der Waals surface area contributed by atoms with Gasteiger partial charge in [-0.3, -0.25) is 0 Å². The van der Waals surface area contributed by atoms with Crippen molar-refractivity contribution in [3.63, 3.8) is 0 Å². The first-order chi connectivity index (χ1) is 7.60. The van der Waals surface area contributed by atoms with Crippen LogP contribution in [-0.2, 0) is 0 Å². The molecule has 84 valence electrons. The van der Waals surface area contributed by atoms with Crippen LogP contribution in [0.3, 0.4) is 0 Å². The number of aromatic nitrogens is 4. The number of nitrogens with two attached hydrogens (primary N) is 1. The van der Waals surface area contributed by atoms with Crippen LogP contribution >= 0.6 is 0 Å². The second kappa shape index (κ2) is 3.90. The van der Waals surface area contributed by atoms with Crippen molar-refractivity contribution in [3.05, 3.63) is 29.3 Å². The van der Waals surface area contributed by atoms with Crippen LogP contribution in [0.1, 0.15) is 17.2 Å². The van der Waals surface area contributed by atoms with Gasteiger partial charge in [-0.25, -0.2) is 20.5 Å². The molecule has 0 unspecified atom stereocenters. The fourth-order valence-corrected chi connectivity index (χ4v) is 1.60. The summed E-state index contributed by atoms with van der Waals surface area (Å²) in [7, 11) is 0. The zero-order chi connectivity index (χ0) is 11.7. The van der Waals surface area contributed by atoms with Gasteiger partial charge >= 0.3 is 0 Å². The van der Waals surface area contributed by atoms with E-state index in [2.05, 4.69) is 20.5 Å². The number of nitrogen functional groups attached to an aromatic ring is 1. The van der Waals surface area contributed by atoms with Gasteiger partial charge in [0.05, 0.1) is 5.69 Å².